The van der Waals surface area contributed by atoms with E-state index >= 15 is 0 Å². The second-order valence-electron chi connectivity index (χ2n) is 4.84. The first-order valence-electron chi connectivity index (χ1n) is 6.94. The molecule has 0 saturated heterocycles. The molecule has 2 aromatic carbocycles. The van der Waals surface area contributed by atoms with Crippen LogP contribution in [0.25, 0.3) is 6.08 Å². The van der Waals surface area contributed by atoms with Crippen LogP contribution in [0.3, 0.4) is 0 Å². The summed E-state index contributed by atoms with van der Waals surface area (Å²) in [6.45, 7) is -0.828. The molecule has 0 bridgehead atoms. The van der Waals surface area contributed by atoms with E-state index in [1.54, 1.807) is 6.08 Å². The van der Waals surface area contributed by atoms with Gasteiger partial charge in [0.2, 0.25) is 11.7 Å². The molecular weight excluding hydrogens is 332 g/mol. The van der Waals surface area contributed by atoms with Crippen LogP contribution in [0.1, 0.15) is 15.9 Å². The number of rotatable bonds is 6. The monoisotopic (exact) mass is 344 g/mol. The Morgan fingerprint density at radius 3 is 2.50 bits per heavy atom. The first-order valence-corrected chi connectivity index (χ1v) is 7.32. The highest BCUT2D eigenvalue weighted by Crippen LogP contribution is 2.21. The van der Waals surface area contributed by atoms with Gasteiger partial charge in [0, 0.05) is 22.3 Å². The van der Waals surface area contributed by atoms with E-state index in [0.29, 0.717) is 5.69 Å². The maximum atomic E-state index is 11.9. The molecule has 0 saturated carbocycles. The number of Topliss-reactive ketones (excluding diaryl/α,β-unsaturated/α-hetero) is 1. The van der Waals surface area contributed by atoms with E-state index in [9.17, 15) is 19.7 Å². The lowest BCUT2D eigenvalue weighted by Gasteiger charge is -2.05. The van der Waals surface area contributed by atoms with Crippen molar-refractivity contribution in [3.8, 4) is 0 Å². The van der Waals surface area contributed by atoms with Gasteiger partial charge in [-0.05, 0) is 29.8 Å². The largest absolute Gasteiger partial charge is 0.322 e. The number of nitrogens with one attached hydrogen (secondary N) is 1. The summed E-state index contributed by atoms with van der Waals surface area (Å²) >= 11 is 5.95. The van der Waals surface area contributed by atoms with E-state index in [1.807, 2.05) is 30.3 Å². The quantitative estimate of drug-likeness (QED) is 0.376. The van der Waals surface area contributed by atoms with Crippen LogP contribution in [0, 0.1) is 10.1 Å². The van der Waals surface area contributed by atoms with Crippen molar-refractivity contribution in [3.05, 3.63) is 80.9 Å². The van der Waals surface area contributed by atoms with Crippen molar-refractivity contribution >= 4 is 35.1 Å². The van der Waals surface area contributed by atoms with Gasteiger partial charge < -0.3 is 5.32 Å². The summed E-state index contributed by atoms with van der Waals surface area (Å²) in [4.78, 5) is 33.2. The summed E-state index contributed by atoms with van der Waals surface area (Å²) < 4.78 is 0. The molecule has 7 heteroatoms. The molecule has 0 aliphatic carbocycles. The molecular formula is C17H13ClN2O4. The number of nitrogens with zero attached hydrogens (tertiary/aromatic N) is 1. The third-order valence-corrected chi connectivity index (χ3v) is 3.35. The summed E-state index contributed by atoms with van der Waals surface area (Å²) in [6, 6.07) is 13.5. The number of halogens is 1. The smallest absolute Gasteiger partial charge is 0.265 e. The molecule has 0 fully saturated rings. The fraction of sp³-hybridized carbons (Fsp3) is 0.0588. The number of anilines is 1. The Morgan fingerprint density at radius 1 is 1.17 bits per heavy atom. The lowest BCUT2D eigenvalue weighted by Crippen LogP contribution is -2.14. The van der Waals surface area contributed by atoms with Gasteiger partial charge in [0.25, 0.3) is 6.54 Å². The number of hydrogen-bond donors (Lipinski definition) is 1. The van der Waals surface area contributed by atoms with Crippen molar-refractivity contribution in [1.82, 2.24) is 0 Å². The van der Waals surface area contributed by atoms with Crippen molar-refractivity contribution in [2.45, 2.75) is 0 Å². The van der Waals surface area contributed by atoms with E-state index in [2.05, 4.69) is 5.32 Å². The van der Waals surface area contributed by atoms with Gasteiger partial charge in [-0.25, -0.2) is 0 Å². The zero-order valence-electron chi connectivity index (χ0n) is 12.4. The van der Waals surface area contributed by atoms with E-state index in [-0.39, 0.29) is 16.5 Å². The Labute approximate surface area is 142 Å². The van der Waals surface area contributed by atoms with Crippen LogP contribution in [0.5, 0.6) is 0 Å². The van der Waals surface area contributed by atoms with Gasteiger partial charge in [-0.2, -0.15) is 0 Å². The Kier molecular flexibility index (Phi) is 5.81. The number of hydrogen-bond acceptors (Lipinski definition) is 4. The van der Waals surface area contributed by atoms with Crippen molar-refractivity contribution in [1.29, 1.82) is 0 Å². The van der Waals surface area contributed by atoms with Gasteiger partial charge in [-0.15, -0.1) is 0 Å². The third-order valence-electron chi connectivity index (χ3n) is 3.04. The van der Waals surface area contributed by atoms with Crippen LogP contribution in [-0.4, -0.2) is 23.2 Å². The van der Waals surface area contributed by atoms with Crippen LogP contribution >= 0.6 is 11.6 Å². The van der Waals surface area contributed by atoms with Crippen molar-refractivity contribution < 1.29 is 14.5 Å². The number of nitro groups is 1. The minimum absolute atomic E-state index is 0.0474. The molecule has 0 aliphatic rings. The molecule has 0 atom stereocenters. The zero-order chi connectivity index (χ0) is 17.5. The van der Waals surface area contributed by atoms with Crippen molar-refractivity contribution in [3.63, 3.8) is 0 Å². The SMILES string of the molecule is O=C(/C=C/c1ccccc1)Nc1ccc(C(=O)C[N+](=O)[O-])c(Cl)c1. The van der Waals surface area contributed by atoms with E-state index in [1.165, 1.54) is 24.3 Å². The maximum Gasteiger partial charge on any atom is 0.265 e. The van der Waals surface area contributed by atoms with Crippen molar-refractivity contribution in [2.75, 3.05) is 11.9 Å². The predicted octanol–water partition coefficient (Wildman–Crippen LogP) is 3.45. The molecule has 0 spiro atoms. The Morgan fingerprint density at radius 2 is 1.88 bits per heavy atom. The van der Waals surface area contributed by atoms with Crippen LogP contribution in [0.15, 0.2) is 54.6 Å². The van der Waals surface area contributed by atoms with Gasteiger partial charge in [-0.1, -0.05) is 41.9 Å². The molecule has 122 valence electrons. The zero-order valence-corrected chi connectivity index (χ0v) is 13.2. The van der Waals surface area contributed by atoms with Gasteiger partial charge >= 0.3 is 0 Å². The van der Waals surface area contributed by atoms with Crippen LogP contribution < -0.4 is 5.32 Å². The molecule has 1 amide bonds. The fourth-order valence-corrected chi connectivity index (χ4v) is 2.23. The van der Waals surface area contributed by atoms with Gasteiger partial charge in [0.1, 0.15) is 0 Å². The lowest BCUT2D eigenvalue weighted by atomic mass is 10.1. The average Bonchev–Trinajstić information content (AvgIpc) is 2.53. The Bertz CT molecular complexity index is 803. The molecule has 24 heavy (non-hydrogen) atoms. The van der Waals surface area contributed by atoms with E-state index < -0.39 is 17.3 Å². The highest BCUT2D eigenvalue weighted by Gasteiger charge is 2.16. The van der Waals surface area contributed by atoms with E-state index in [4.69, 9.17) is 11.6 Å². The molecule has 0 aliphatic heterocycles. The summed E-state index contributed by atoms with van der Waals surface area (Å²) in [5.74, 6) is -1.05. The fourth-order valence-electron chi connectivity index (χ4n) is 1.94. The molecule has 0 radical (unpaired) electrons. The number of benzene rings is 2. The molecule has 6 nitrogen and oxygen atoms in total. The summed E-state index contributed by atoms with van der Waals surface area (Å²) in [5, 5.41) is 13.0. The normalized spacial score (nSPS) is 10.5. The van der Waals surface area contributed by atoms with Gasteiger partial charge in [0.05, 0.1) is 5.02 Å². The van der Waals surface area contributed by atoms with Crippen molar-refractivity contribution in [2.24, 2.45) is 0 Å². The summed E-state index contributed by atoms with van der Waals surface area (Å²) in [6.07, 6.45) is 3.03. The second-order valence-corrected chi connectivity index (χ2v) is 5.25. The third kappa shape index (κ3) is 5.03. The Hall–Kier alpha value is -2.99. The molecule has 1 N–H and O–H groups in total. The number of ketones is 1. The van der Waals surface area contributed by atoms with Crippen LogP contribution in [0.2, 0.25) is 5.02 Å². The predicted molar refractivity (Wildman–Crippen MR) is 91.7 cm³/mol. The minimum atomic E-state index is -0.828. The molecule has 0 unspecified atom stereocenters. The molecule has 2 aromatic rings. The van der Waals surface area contributed by atoms with Gasteiger partial charge in [-0.3, -0.25) is 19.7 Å². The standard InChI is InChI=1S/C17H13ClN2O4/c18-15-10-13(7-8-14(15)16(21)11-20(23)24)19-17(22)9-6-12-4-2-1-3-5-12/h1-10H,11H2,(H,19,22)/b9-6+. The summed E-state index contributed by atoms with van der Waals surface area (Å²) in [7, 11) is 0. The van der Waals surface area contributed by atoms with E-state index in [0.717, 1.165) is 5.56 Å². The number of amides is 1. The molecule has 2 rings (SSSR count). The second kappa shape index (κ2) is 8.03. The Balaban J connectivity index is 2.04. The highest BCUT2D eigenvalue weighted by atomic mass is 35.5. The van der Waals surface area contributed by atoms with Crippen LogP contribution in [-0.2, 0) is 4.79 Å². The lowest BCUT2D eigenvalue weighted by molar-refractivity contribution is -0.465. The minimum Gasteiger partial charge on any atom is -0.322 e. The molecule has 0 aromatic heterocycles. The summed E-state index contributed by atoms with van der Waals surface area (Å²) in [5.41, 5.74) is 1.32. The topological polar surface area (TPSA) is 89.3 Å². The average molecular weight is 345 g/mol. The first-order chi connectivity index (χ1) is 11.5. The van der Waals surface area contributed by atoms with Gasteiger partial charge in [0.15, 0.2) is 0 Å². The maximum absolute atomic E-state index is 11.9. The number of carbonyl (C=O) groups is 2. The highest BCUT2D eigenvalue weighted by molar-refractivity contribution is 6.34. The number of carbonyl (C=O) groups excluding carboxylic acids is 2. The van der Waals surface area contributed by atoms with Crippen LogP contribution in [0.4, 0.5) is 5.69 Å². The first kappa shape index (κ1) is 17.4. The molecule has 0 heterocycles.